The predicted molar refractivity (Wildman–Crippen MR) is 102 cm³/mol. The minimum absolute atomic E-state index is 0.0655. The first-order valence-corrected chi connectivity index (χ1v) is 9.71. The Morgan fingerprint density at radius 1 is 1.00 bits per heavy atom. The number of benzene rings is 1. The summed E-state index contributed by atoms with van der Waals surface area (Å²) in [4.78, 5) is 47.2. The summed E-state index contributed by atoms with van der Waals surface area (Å²) in [6.07, 6.45) is 3.32. The molecule has 7 heteroatoms. The number of amides is 2. The third-order valence-electron chi connectivity index (χ3n) is 5.44. The monoisotopic (exact) mass is 388 g/mol. The van der Waals surface area contributed by atoms with Gasteiger partial charge in [-0.2, -0.15) is 5.06 Å². The lowest BCUT2D eigenvalue weighted by Gasteiger charge is -2.51. The second-order valence-corrected chi connectivity index (χ2v) is 8.66. The maximum absolute atomic E-state index is 12.6. The van der Waals surface area contributed by atoms with Gasteiger partial charge in [0.1, 0.15) is 0 Å². The highest BCUT2D eigenvalue weighted by atomic mass is 16.7. The molecule has 0 atom stereocenters. The second-order valence-electron chi connectivity index (χ2n) is 8.66. The van der Waals surface area contributed by atoms with Gasteiger partial charge in [0, 0.05) is 23.9 Å². The Kier molecular flexibility index (Phi) is 5.59. The van der Waals surface area contributed by atoms with Crippen molar-refractivity contribution in [1.82, 2.24) is 10.1 Å². The molecule has 2 heterocycles. The van der Waals surface area contributed by atoms with Crippen molar-refractivity contribution in [3.05, 3.63) is 35.4 Å². The first-order chi connectivity index (χ1) is 13.1. The molecule has 0 N–H and O–H groups in total. The van der Waals surface area contributed by atoms with Gasteiger partial charge in [-0.25, -0.2) is 4.79 Å². The Hall–Kier alpha value is -2.25. The normalized spacial score (nSPS) is 21.8. The van der Waals surface area contributed by atoms with Gasteiger partial charge in [0.2, 0.25) is 0 Å². The fourth-order valence-corrected chi connectivity index (χ4v) is 4.09. The van der Waals surface area contributed by atoms with Gasteiger partial charge < -0.3 is 4.84 Å². The third kappa shape index (κ3) is 4.10. The van der Waals surface area contributed by atoms with Gasteiger partial charge in [0.15, 0.2) is 0 Å². The molecule has 0 spiro atoms. The number of nitrogens with zero attached hydrogens (tertiary/aromatic N) is 2. The van der Waals surface area contributed by atoms with Crippen LogP contribution in [0.5, 0.6) is 0 Å². The fourth-order valence-electron chi connectivity index (χ4n) is 4.09. The van der Waals surface area contributed by atoms with Gasteiger partial charge in [0.05, 0.1) is 12.2 Å². The fraction of sp³-hybridized carbons (Fsp3) is 0.571. The molecular weight excluding hydrogens is 360 g/mol. The number of carbonyl (C=O) groups is 3. The smallest absolute Gasteiger partial charge is 0.325 e. The summed E-state index contributed by atoms with van der Waals surface area (Å²) in [6.45, 7) is 8.80. The molecule has 152 valence electrons. The highest BCUT2D eigenvalue weighted by Gasteiger charge is 2.42. The Morgan fingerprint density at radius 3 is 2.18 bits per heavy atom. The first kappa shape index (κ1) is 20.5. The van der Waals surface area contributed by atoms with E-state index in [-0.39, 0.29) is 36.1 Å². The molecule has 0 aromatic heterocycles. The van der Waals surface area contributed by atoms with Crippen LogP contribution in [0.3, 0.4) is 0 Å². The molecule has 2 aliphatic rings. The van der Waals surface area contributed by atoms with Crippen LogP contribution in [0.25, 0.3) is 0 Å². The van der Waals surface area contributed by atoms with Crippen LogP contribution >= 0.6 is 0 Å². The third-order valence-corrected chi connectivity index (χ3v) is 5.44. The molecule has 7 nitrogen and oxygen atoms in total. The number of hydroxylamine groups is 4. The van der Waals surface area contributed by atoms with E-state index in [1.807, 2.05) is 11.1 Å². The van der Waals surface area contributed by atoms with E-state index in [1.54, 1.807) is 18.2 Å². The van der Waals surface area contributed by atoms with Crippen LogP contribution < -0.4 is 0 Å². The number of rotatable bonds is 5. The van der Waals surface area contributed by atoms with E-state index in [9.17, 15) is 14.4 Å². The van der Waals surface area contributed by atoms with Crippen LogP contribution in [-0.2, 0) is 25.9 Å². The minimum Gasteiger partial charge on any atom is -0.325 e. The lowest BCUT2D eigenvalue weighted by atomic mass is 9.82. The lowest BCUT2D eigenvalue weighted by Crippen LogP contribution is -2.58. The molecule has 0 unspecified atom stereocenters. The van der Waals surface area contributed by atoms with Crippen LogP contribution in [0, 0.1) is 0 Å². The van der Waals surface area contributed by atoms with Gasteiger partial charge in [-0.15, -0.1) is 5.06 Å². The maximum atomic E-state index is 12.6. The van der Waals surface area contributed by atoms with Crippen LogP contribution in [0.2, 0.25) is 0 Å². The van der Waals surface area contributed by atoms with Crippen molar-refractivity contribution in [2.75, 3.05) is 0 Å². The molecule has 0 saturated carbocycles. The van der Waals surface area contributed by atoms with E-state index < -0.39 is 17.8 Å². The SMILES string of the molecule is CC1(C)CCCC(C)(C)N1OCc1ccccc1C(=O)ON1C(=O)CCC1=O. The van der Waals surface area contributed by atoms with E-state index in [2.05, 4.69) is 27.7 Å². The number of carbonyl (C=O) groups excluding carboxylic acids is 3. The van der Waals surface area contributed by atoms with Crippen LogP contribution in [0.4, 0.5) is 0 Å². The number of hydrogen-bond acceptors (Lipinski definition) is 6. The van der Waals surface area contributed by atoms with Gasteiger partial charge >= 0.3 is 5.97 Å². The zero-order valence-corrected chi connectivity index (χ0v) is 17.0. The molecule has 2 aliphatic heterocycles. The van der Waals surface area contributed by atoms with Crippen molar-refractivity contribution >= 4 is 17.8 Å². The Balaban J connectivity index is 1.74. The summed E-state index contributed by atoms with van der Waals surface area (Å²) in [5.74, 6) is -1.73. The quantitative estimate of drug-likeness (QED) is 0.720. The van der Waals surface area contributed by atoms with Crippen LogP contribution in [0.15, 0.2) is 24.3 Å². The molecule has 2 saturated heterocycles. The number of hydrogen-bond donors (Lipinski definition) is 0. The molecule has 0 radical (unpaired) electrons. The lowest BCUT2D eigenvalue weighted by molar-refractivity contribution is -0.288. The van der Waals surface area contributed by atoms with Gasteiger partial charge in [0.25, 0.3) is 11.8 Å². The first-order valence-electron chi connectivity index (χ1n) is 9.71. The summed E-state index contributed by atoms with van der Waals surface area (Å²) in [7, 11) is 0. The highest BCUT2D eigenvalue weighted by molar-refractivity contribution is 6.02. The molecule has 2 fully saturated rings. The highest BCUT2D eigenvalue weighted by Crippen LogP contribution is 2.38. The predicted octanol–water partition coefficient (Wildman–Crippen LogP) is 3.38. The molecule has 1 aromatic rings. The molecular formula is C21H28N2O5. The minimum atomic E-state index is -0.736. The molecule has 3 rings (SSSR count). The van der Waals surface area contributed by atoms with Gasteiger partial charge in [-0.05, 0) is 58.6 Å². The van der Waals surface area contributed by atoms with E-state index in [1.165, 1.54) is 0 Å². The standard InChI is InChI=1S/C21H28N2O5/c1-20(2)12-7-13-21(3,4)23(20)27-14-15-8-5-6-9-16(15)19(26)28-22-17(24)10-11-18(22)25/h5-6,8-9H,7,10-14H2,1-4H3. The zero-order valence-electron chi connectivity index (χ0n) is 17.0. The number of piperidine rings is 1. The van der Waals surface area contributed by atoms with E-state index in [0.29, 0.717) is 10.6 Å². The van der Waals surface area contributed by atoms with Crippen LogP contribution in [0.1, 0.15) is 75.7 Å². The summed E-state index contributed by atoms with van der Waals surface area (Å²) in [6, 6.07) is 6.92. The van der Waals surface area contributed by atoms with Crippen molar-refractivity contribution in [3.63, 3.8) is 0 Å². The van der Waals surface area contributed by atoms with Crippen molar-refractivity contribution < 1.29 is 24.1 Å². The van der Waals surface area contributed by atoms with E-state index >= 15 is 0 Å². The summed E-state index contributed by atoms with van der Waals surface area (Å²) in [5.41, 5.74) is 0.684. The van der Waals surface area contributed by atoms with Gasteiger partial charge in [-0.1, -0.05) is 18.2 Å². The van der Waals surface area contributed by atoms with Crippen molar-refractivity contribution in [3.8, 4) is 0 Å². The maximum Gasteiger partial charge on any atom is 0.364 e. The number of imide groups is 1. The summed E-state index contributed by atoms with van der Waals surface area (Å²) < 4.78 is 0. The van der Waals surface area contributed by atoms with Crippen molar-refractivity contribution in [1.29, 1.82) is 0 Å². The Labute approximate surface area is 165 Å². The Bertz CT molecular complexity index is 755. The van der Waals surface area contributed by atoms with Gasteiger partial charge in [-0.3, -0.25) is 14.4 Å². The average molecular weight is 388 g/mol. The zero-order chi connectivity index (χ0) is 20.5. The molecule has 0 aliphatic carbocycles. The van der Waals surface area contributed by atoms with Crippen molar-refractivity contribution in [2.45, 2.75) is 77.5 Å². The molecule has 0 bridgehead atoms. The average Bonchev–Trinajstić information content (AvgIpc) is 2.92. The summed E-state index contributed by atoms with van der Waals surface area (Å²) >= 11 is 0. The van der Waals surface area contributed by atoms with Crippen molar-refractivity contribution in [2.24, 2.45) is 0 Å². The molecule has 1 aromatic carbocycles. The van der Waals surface area contributed by atoms with Crippen LogP contribution in [-0.4, -0.2) is 39.0 Å². The molecule has 28 heavy (non-hydrogen) atoms. The molecule has 2 amide bonds. The summed E-state index contributed by atoms with van der Waals surface area (Å²) in [5, 5.41) is 2.59. The topological polar surface area (TPSA) is 76.2 Å². The Morgan fingerprint density at radius 2 is 1.57 bits per heavy atom. The second kappa shape index (κ2) is 7.64. The van der Waals surface area contributed by atoms with E-state index in [4.69, 9.17) is 9.68 Å². The largest absolute Gasteiger partial charge is 0.364 e. The van der Waals surface area contributed by atoms with E-state index in [0.717, 1.165) is 19.3 Å².